The number of rotatable bonds is 6. The van der Waals surface area contributed by atoms with Gasteiger partial charge in [0.2, 0.25) is 0 Å². The molecule has 3 aromatic rings. The molecule has 188 valence electrons. The smallest absolute Gasteiger partial charge is 0.260 e. The monoisotopic (exact) mass is 486 g/mol. The van der Waals surface area contributed by atoms with Crippen LogP contribution in [-0.2, 0) is 13.0 Å². The summed E-state index contributed by atoms with van der Waals surface area (Å²) in [5, 5.41) is 8.86. The van der Waals surface area contributed by atoms with Crippen molar-refractivity contribution in [1.29, 1.82) is 0 Å². The van der Waals surface area contributed by atoms with Crippen LogP contribution in [0.25, 0.3) is 11.5 Å². The first-order chi connectivity index (χ1) is 17.5. The van der Waals surface area contributed by atoms with E-state index in [2.05, 4.69) is 40.4 Å². The predicted molar refractivity (Wildman–Crippen MR) is 139 cm³/mol. The Hall–Kier alpha value is -3.33. The van der Waals surface area contributed by atoms with E-state index in [0.29, 0.717) is 30.0 Å². The standard InChI is InChI=1S/C27H34N8O/c1-4-17-11-12-23-31-32-26(35(17)23)21-9-6-10-22(29-21)34-15-19-18(27(34)36)14-24(30-25(19)20(28)5-2)33-13-7-8-16(33)3/h6,9-10,14,16-17,20H,4-5,7-8,11-13,15,28H2,1-3H3/t16-,17-,20-/m1/s1. The molecule has 0 bridgehead atoms. The van der Waals surface area contributed by atoms with E-state index in [9.17, 15) is 4.79 Å². The maximum atomic E-state index is 13.8. The molecule has 0 saturated carbocycles. The fraction of sp³-hybridized carbons (Fsp3) is 0.519. The molecule has 0 radical (unpaired) electrons. The fourth-order valence-corrected chi connectivity index (χ4v) is 5.98. The second kappa shape index (κ2) is 8.96. The van der Waals surface area contributed by atoms with Crippen LogP contribution >= 0.6 is 0 Å². The highest BCUT2D eigenvalue weighted by Crippen LogP contribution is 2.37. The number of aromatic nitrogens is 5. The Kier molecular flexibility index (Phi) is 5.75. The molecule has 36 heavy (non-hydrogen) atoms. The largest absolute Gasteiger partial charge is 0.354 e. The number of carbonyl (C=O) groups excluding carboxylic acids is 1. The van der Waals surface area contributed by atoms with Crippen molar-refractivity contribution in [2.75, 3.05) is 16.3 Å². The number of amides is 1. The summed E-state index contributed by atoms with van der Waals surface area (Å²) in [6, 6.07) is 8.33. The lowest BCUT2D eigenvalue weighted by molar-refractivity contribution is 0.0996. The highest BCUT2D eigenvalue weighted by Gasteiger charge is 2.36. The van der Waals surface area contributed by atoms with Crippen molar-refractivity contribution in [2.24, 2.45) is 5.73 Å². The number of nitrogens with two attached hydrogens (primary N) is 1. The zero-order valence-electron chi connectivity index (χ0n) is 21.3. The molecule has 1 fully saturated rings. The summed E-state index contributed by atoms with van der Waals surface area (Å²) in [7, 11) is 0. The molecule has 0 aromatic carbocycles. The molecule has 1 amide bonds. The van der Waals surface area contributed by atoms with E-state index in [-0.39, 0.29) is 11.9 Å². The highest BCUT2D eigenvalue weighted by atomic mass is 16.2. The zero-order valence-corrected chi connectivity index (χ0v) is 21.3. The molecule has 3 aliphatic heterocycles. The lowest BCUT2D eigenvalue weighted by Gasteiger charge is -2.25. The number of carbonyl (C=O) groups is 1. The molecule has 6 rings (SSSR count). The third-order valence-corrected chi connectivity index (χ3v) is 8.12. The van der Waals surface area contributed by atoms with Crippen molar-refractivity contribution >= 4 is 17.5 Å². The van der Waals surface area contributed by atoms with Crippen LogP contribution in [0.5, 0.6) is 0 Å². The molecule has 2 N–H and O–H groups in total. The van der Waals surface area contributed by atoms with Gasteiger partial charge < -0.3 is 15.2 Å². The topological polar surface area (TPSA) is 106 Å². The van der Waals surface area contributed by atoms with Gasteiger partial charge in [0.15, 0.2) is 5.82 Å². The second-order valence-corrected chi connectivity index (χ2v) is 10.3. The summed E-state index contributed by atoms with van der Waals surface area (Å²) < 4.78 is 2.22. The molecule has 0 aliphatic carbocycles. The van der Waals surface area contributed by atoms with E-state index in [4.69, 9.17) is 15.7 Å². The van der Waals surface area contributed by atoms with E-state index >= 15 is 0 Å². The van der Waals surface area contributed by atoms with Gasteiger partial charge in [-0.2, -0.15) is 0 Å². The van der Waals surface area contributed by atoms with Crippen LogP contribution in [-0.4, -0.2) is 43.2 Å². The maximum Gasteiger partial charge on any atom is 0.260 e. The molecule has 0 unspecified atom stereocenters. The number of anilines is 2. The normalized spacial score (nSPS) is 21.8. The van der Waals surface area contributed by atoms with Crippen LogP contribution in [0.4, 0.5) is 11.6 Å². The van der Waals surface area contributed by atoms with Crippen LogP contribution in [0.3, 0.4) is 0 Å². The fourth-order valence-electron chi connectivity index (χ4n) is 5.98. The Morgan fingerprint density at radius 1 is 1.14 bits per heavy atom. The van der Waals surface area contributed by atoms with Crippen LogP contribution in [0.1, 0.15) is 92.4 Å². The number of nitrogens with zero attached hydrogens (tertiary/aromatic N) is 7. The summed E-state index contributed by atoms with van der Waals surface area (Å²) in [4.78, 5) is 27.7. The summed E-state index contributed by atoms with van der Waals surface area (Å²) in [6.45, 7) is 7.85. The zero-order chi connectivity index (χ0) is 25.0. The van der Waals surface area contributed by atoms with Gasteiger partial charge in [0.05, 0.1) is 17.8 Å². The molecule has 0 spiro atoms. The average molecular weight is 487 g/mol. The van der Waals surface area contributed by atoms with E-state index in [0.717, 1.165) is 79.5 Å². The van der Waals surface area contributed by atoms with Crippen molar-refractivity contribution in [3.05, 3.63) is 46.9 Å². The Labute approximate surface area is 211 Å². The third-order valence-electron chi connectivity index (χ3n) is 8.12. The molecule has 1 saturated heterocycles. The minimum absolute atomic E-state index is 0.0485. The summed E-state index contributed by atoms with van der Waals surface area (Å²) in [5.74, 6) is 3.22. The van der Waals surface area contributed by atoms with Gasteiger partial charge in [0.1, 0.15) is 23.2 Å². The van der Waals surface area contributed by atoms with Crippen molar-refractivity contribution in [1.82, 2.24) is 24.7 Å². The second-order valence-electron chi connectivity index (χ2n) is 10.3. The minimum Gasteiger partial charge on any atom is -0.354 e. The number of pyridine rings is 2. The summed E-state index contributed by atoms with van der Waals surface area (Å²) in [5.41, 5.74) is 9.71. The van der Waals surface area contributed by atoms with Gasteiger partial charge in [-0.25, -0.2) is 9.97 Å². The number of fused-ring (bicyclic) bond motifs is 2. The van der Waals surface area contributed by atoms with E-state index in [1.807, 2.05) is 24.3 Å². The van der Waals surface area contributed by atoms with Crippen LogP contribution in [0, 0.1) is 0 Å². The quantitative estimate of drug-likeness (QED) is 0.557. The van der Waals surface area contributed by atoms with E-state index in [1.165, 1.54) is 0 Å². The molecular weight excluding hydrogens is 452 g/mol. The van der Waals surface area contributed by atoms with Crippen LogP contribution in [0.15, 0.2) is 24.3 Å². The first-order valence-electron chi connectivity index (χ1n) is 13.3. The first-order valence-corrected chi connectivity index (χ1v) is 13.3. The number of hydrogen-bond acceptors (Lipinski definition) is 7. The lowest BCUT2D eigenvalue weighted by Crippen LogP contribution is -2.28. The summed E-state index contributed by atoms with van der Waals surface area (Å²) in [6.07, 6.45) is 6.09. The molecular formula is C27H34N8O. The van der Waals surface area contributed by atoms with Gasteiger partial charge in [-0.1, -0.05) is 19.9 Å². The van der Waals surface area contributed by atoms with Crippen molar-refractivity contribution in [3.8, 4) is 11.5 Å². The number of hydrogen-bond donors (Lipinski definition) is 1. The average Bonchev–Trinajstić information content (AvgIpc) is 3.67. The van der Waals surface area contributed by atoms with Gasteiger partial charge in [0, 0.05) is 36.7 Å². The SMILES string of the molecule is CC[C@@H]1CCc2nnc(-c3cccc(N4Cc5c(cc(N6CCC[C@H]6C)nc5[C@H](N)CC)C4=O)n3)n21. The molecule has 3 aliphatic rings. The Bertz CT molecular complexity index is 1320. The predicted octanol–water partition coefficient (Wildman–Crippen LogP) is 4.19. The van der Waals surface area contributed by atoms with Crippen LogP contribution < -0.4 is 15.5 Å². The molecule has 9 nitrogen and oxygen atoms in total. The Morgan fingerprint density at radius 2 is 2.00 bits per heavy atom. The first kappa shape index (κ1) is 23.1. The van der Waals surface area contributed by atoms with Crippen LogP contribution in [0.2, 0.25) is 0 Å². The summed E-state index contributed by atoms with van der Waals surface area (Å²) >= 11 is 0. The Morgan fingerprint density at radius 3 is 2.75 bits per heavy atom. The van der Waals surface area contributed by atoms with Gasteiger partial charge >= 0.3 is 0 Å². The van der Waals surface area contributed by atoms with Gasteiger partial charge in [-0.05, 0) is 57.2 Å². The highest BCUT2D eigenvalue weighted by molar-refractivity contribution is 6.10. The number of aryl methyl sites for hydroxylation is 1. The van der Waals surface area contributed by atoms with Crippen molar-refractivity contribution in [2.45, 2.75) is 84.0 Å². The molecule has 9 heteroatoms. The van der Waals surface area contributed by atoms with Crippen molar-refractivity contribution < 1.29 is 4.79 Å². The van der Waals surface area contributed by atoms with Crippen molar-refractivity contribution in [3.63, 3.8) is 0 Å². The maximum absolute atomic E-state index is 13.8. The Balaban J connectivity index is 1.37. The minimum atomic E-state index is -0.215. The molecule has 6 heterocycles. The van der Waals surface area contributed by atoms with Gasteiger partial charge in [-0.3, -0.25) is 9.69 Å². The molecule has 3 atom stereocenters. The van der Waals surface area contributed by atoms with E-state index in [1.54, 1.807) is 4.90 Å². The molecule has 3 aromatic heterocycles. The van der Waals surface area contributed by atoms with E-state index < -0.39 is 0 Å². The lowest BCUT2D eigenvalue weighted by atomic mass is 10.0. The van der Waals surface area contributed by atoms with Gasteiger partial charge in [0.25, 0.3) is 5.91 Å². The van der Waals surface area contributed by atoms with Gasteiger partial charge in [-0.15, -0.1) is 10.2 Å². The third kappa shape index (κ3) is 3.59.